The molecular formula is C17H14ClNO3S. The normalized spacial score (nSPS) is 14.8. The molecule has 1 aliphatic heterocycles. The van der Waals surface area contributed by atoms with Crippen molar-refractivity contribution in [1.82, 2.24) is 5.32 Å². The van der Waals surface area contributed by atoms with Crippen LogP contribution in [0.5, 0.6) is 0 Å². The van der Waals surface area contributed by atoms with E-state index in [1.54, 1.807) is 30.3 Å². The standard InChI is InChI=1S/C17H14ClNO3S/c18-11-2-1-3-12(8-11)23(20,21)13-4-5-14-15-6-7-19-10-17(15)22-16(14)9-13/h1-5,8-9,19H,6-7,10H2. The van der Waals surface area contributed by atoms with Crippen molar-refractivity contribution in [3.63, 3.8) is 0 Å². The van der Waals surface area contributed by atoms with Crippen LogP contribution in [0.3, 0.4) is 0 Å². The molecule has 0 radical (unpaired) electrons. The van der Waals surface area contributed by atoms with E-state index in [9.17, 15) is 8.42 Å². The van der Waals surface area contributed by atoms with Crippen molar-refractivity contribution in [3.05, 3.63) is 58.8 Å². The lowest BCUT2D eigenvalue weighted by atomic mass is 10.1. The lowest BCUT2D eigenvalue weighted by Crippen LogP contribution is -2.22. The summed E-state index contributed by atoms with van der Waals surface area (Å²) in [5, 5.41) is 4.64. The number of furan rings is 1. The van der Waals surface area contributed by atoms with Crippen molar-refractivity contribution in [3.8, 4) is 0 Å². The molecule has 0 amide bonds. The van der Waals surface area contributed by atoms with E-state index >= 15 is 0 Å². The predicted molar refractivity (Wildman–Crippen MR) is 88.5 cm³/mol. The highest BCUT2D eigenvalue weighted by Crippen LogP contribution is 2.32. The number of fused-ring (bicyclic) bond motifs is 3. The molecule has 4 nitrogen and oxygen atoms in total. The summed E-state index contributed by atoms with van der Waals surface area (Å²) in [5.74, 6) is 0.892. The van der Waals surface area contributed by atoms with Crippen molar-refractivity contribution in [2.45, 2.75) is 22.8 Å². The predicted octanol–water partition coefficient (Wildman–Crippen LogP) is 3.56. The second kappa shape index (κ2) is 5.37. The molecule has 0 atom stereocenters. The molecule has 0 saturated heterocycles. The van der Waals surface area contributed by atoms with Crippen LogP contribution in [0.15, 0.2) is 56.7 Å². The minimum atomic E-state index is -3.61. The molecule has 2 heterocycles. The quantitative estimate of drug-likeness (QED) is 0.770. The Hall–Kier alpha value is -1.82. The van der Waals surface area contributed by atoms with Crippen molar-refractivity contribution in [1.29, 1.82) is 0 Å². The summed E-state index contributed by atoms with van der Waals surface area (Å²) < 4.78 is 31.4. The minimum Gasteiger partial charge on any atom is -0.459 e. The lowest BCUT2D eigenvalue weighted by Gasteiger charge is -2.10. The number of sulfone groups is 1. The zero-order valence-corrected chi connectivity index (χ0v) is 13.7. The van der Waals surface area contributed by atoms with Crippen LogP contribution in [0, 0.1) is 0 Å². The van der Waals surface area contributed by atoms with E-state index in [0.29, 0.717) is 17.2 Å². The second-order valence-corrected chi connectivity index (χ2v) is 7.94. The fourth-order valence-electron chi connectivity index (χ4n) is 2.95. The third-order valence-electron chi connectivity index (χ3n) is 4.10. The maximum absolute atomic E-state index is 12.8. The molecular weight excluding hydrogens is 334 g/mol. The van der Waals surface area contributed by atoms with E-state index in [1.807, 2.05) is 6.07 Å². The molecule has 1 aromatic heterocycles. The Bertz CT molecular complexity index is 1010. The van der Waals surface area contributed by atoms with E-state index in [2.05, 4.69) is 5.32 Å². The SMILES string of the molecule is O=S(=O)(c1cccc(Cl)c1)c1ccc2c3c(oc2c1)CNCC3. The van der Waals surface area contributed by atoms with Crippen LogP contribution in [-0.2, 0) is 22.8 Å². The summed E-state index contributed by atoms with van der Waals surface area (Å²) in [5.41, 5.74) is 1.78. The Balaban J connectivity index is 1.86. The van der Waals surface area contributed by atoms with Gasteiger partial charge in [-0.05, 0) is 43.3 Å². The van der Waals surface area contributed by atoms with E-state index < -0.39 is 9.84 Å². The molecule has 0 spiro atoms. The van der Waals surface area contributed by atoms with E-state index in [-0.39, 0.29) is 9.79 Å². The van der Waals surface area contributed by atoms with Crippen LogP contribution < -0.4 is 5.32 Å². The fourth-order valence-corrected chi connectivity index (χ4v) is 4.53. The highest BCUT2D eigenvalue weighted by atomic mass is 35.5. The van der Waals surface area contributed by atoms with Gasteiger partial charge in [-0.1, -0.05) is 17.7 Å². The summed E-state index contributed by atoms with van der Waals surface area (Å²) in [6.45, 7) is 1.59. The topological polar surface area (TPSA) is 59.3 Å². The molecule has 1 N–H and O–H groups in total. The molecule has 0 bridgehead atoms. The Morgan fingerprint density at radius 2 is 1.91 bits per heavy atom. The smallest absolute Gasteiger partial charge is 0.206 e. The van der Waals surface area contributed by atoms with Crippen molar-refractivity contribution in [2.75, 3.05) is 6.54 Å². The first-order valence-corrected chi connectivity index (χ1v) is 9.17. The molecule has 3 aromatic rings. The molecule has 6 heteroatoms. The number of hydrogen-bond acceptors (Lipinski definition) is 4. The van der Waals surface area contributed by atoms with Gasteiger partial charge >= 0.3 is 0 Å². The average Bonchev–Trinajstić information content (AvgIpc) is 2.92. The van der Waals surface area contributed by atoms with Crippen molar-refractivity contribution >= 4 is 32.4 Å². The van der Waals surface area contributed by atoms with Crippen molar-refractivity contribution < 1.29 is 12.8 Å². The highest BCUT2D eigenvalue weighted by molar-refractivity contribution is 7.91. The Kier molecular flexibility index (Phi) is 3.44. The maximum Gasteiger partial charge on any atom is 0.206 e. The van der Waals surface area contributed by atoms with Gasteiger partial charge in [0, 0.05) is 22.0 Å². The number of nitrogens with one attached hydrogen (secondary N) is 1. The van der Waals surface area contributed by atoms with Gasteiger partial charge in [0.25, 0.3) is 0 Å². The zero-order chi connectivity index (χ0) is 16.0. The Morgan fingerprint density at radius 1 is 1.09 bits per heavy atom. The minimum absolute atomic E-state index is 0.183. The van der Waals surface area contributed by atoms with Crippen LogP contribution in [0.4, 0.5) is 0 Å². The summed E-state index contributed by atoms with van der Waals surface area (Å²) in [4.78, 5) is 0.397. The number of hydrogen-bond donors (Lipinski definition) is 1. The van der Waals surface area contributed by atoms with Crippen LogP contribution in [0.25, 0.3) is 11.0 Å². The summed E-state index contributed by atoms with van der Waals surface area (Å²) in [7, 11) is -3.61. The van der Waals surface area contributed by atoms with Gasteiger partial charge in [-0.15, -0.1) is 0 Å². The van der Waals surface area contributed by atoms with Gasteiger partial charge in [0.15, 0.2) is 0 Å². The molecule has 2 aromatic carbocycles. The van der Waals surface area contributed by atoms with Gasteiger partial charge in [0.1, 0.15) is 11.3 Å². The van der Waals surface area contributed by atoms with Crippen LogP contribution >= 0.6 is 11.6 Å². The lowest BCUT2D eigenvalue weighted by molar-refractivity contribution is 0.487. The average molecular weight is 348 g/mol. The zero-order valence-electron chi connectivity index (χ0n) is 12.2. The van der Waals surface area contributed by atoms with Gasteiger partial charge < -0.3 is 9.73 Å². The fraction of sp³-hybridized carbons (Fsp3) is 0.176. The first kappa shape index (κ1) is 14.8. The summed E-state index contributed by atoms with van der Waals surface area (Å²) in [6.07, 6.45) is 0.892. The highest BCUT2D eigenvalue weighted by Gasteiger charge is 2.22. The summed E-state index contributed by atoms with van der Waals surface area (Å²) >= 11 is 5.91. The first-order valence-electron chi connectivity index (χ1n) is 7.31. The van der Waals surface area contributed by atoms with Crippen LogP contribution in [-0.4, -0.2) is 15.0 Å². The van der Waals surface area contributed by atoms with Gasteiger partial charge in [-0.2, -0.15) is 0 Å². The third kappa shape index (κ3) is 2.45. The van der Waals surface area contributed by atoms with Crippen LogP contribution in [0.2, 0.25) is 5.02 Å². The molecule has 0 fully saturated rings. The Morgan fingerprint density at radius 3 is 2.74 bits per heavy atom. The molecule has 23 heavy (non-hydrogen) atoms. The molecule has 118 valence electrons. The van der Waals surface area contributed by atoms with Gasteiger partial charge in [0.2, 0.25) is 9.84 Å². The number of rotatable bonds is 2. The van der Waals surface area contributed by atoms with E-state index in [0.717, 1.165) is 24.1 Å². The van der Waals surface area contributed by atoms with Gasteiger partial charge in [0.05, 0.1) is 16.3 Å². The van der Waals surface area contributed by atoms with E-state index in [4.69, 9.17) is 16.0 Å². The monoisotopic (exact) mass is 347 g/mol. The summed E-state index contributed by atoms with van der Waals surface area (Å²) in [6, 6.07) is 11.4. The Labute approximate surface area is 139 Å². The van der Waals surface area contributed by atoms with Crippen LogP contribution in [0.1, 0.15) is 11.3 Å². The second-order valence-electron chi connectivity index (χ2n) is 5.55. The first-order chi connectivity index (χ1) is 11.1. The van der Waals surface area contributed by atoms with E-state index in [1.165, 1.54) is 11.6 Å². The largest absolute Gasteiger partial charge is 0.459 e. The maximum atomic E-state index is 12.8. The van der Waals surface area contributed by atoms with Crippen molar-refractivity contribution in [2.24, 2.45) is 0 Å². The molecule has 0 unspecified atom stereocenters. The van der Waals surface area contributed by atoms with Gasteiger partial charge in [-0.3, -0.25) is 0 Å². The molecule has 0 aliphatic carbocycles. The molecule has 4 rings (SSSR count). The number of halogens is 1. The van der Waals surface area contributed by atoms with Gasteiger partial charge in [-0.25, -0.2) is 8.42 Å². The molecule has 0 saturated carbocycles. The molecule has 1 aliphatic rings. The number of benzene rings is 2. The third-order valence-corrected chi connectivity index (χ3v) is 6.09.